The topological polar surface area (TPSA) is 17.1 Å². The molecule has 78 valence electrons. The van der Waals surface area contributed by atoms with Gasteiger partial charge in [-0.1, -0.05) is 31.4 Å². The summed E-state index contributed by atoms with van der Waals surface area (Å²) in [6.07, 6.45) is 0.514. The van der Waals surface area contributed by atoms with Crippen molar-refractivity contribution in [2.24, 2.45) is 5.92 Å². The van der Waals surface area contributed by atoms with E-state index >= 15 is 0 Å². The van der Waals surface area contributed by atoms with Gasteiger partial charge in [-0.2, -0.15) is 0 Å². The average Bonchev–Trinajstić information content (AvgIpc) is 2.16. The van der Waals surface area contributed by atoms with Crippen LogP contribution in [0, 0.1) is 17.8 Å². The smallest absolute Gasteiger partial charge is 0.206 e. The largest absolute Gasteiger partial charge is 0.285 e. The lowest BCUT2D eigenvalue weighted by Gasteiger charge is -1.96. The lowest BCUT2D eigenvalue weighted by atomic mass is 10.1. The third-order valence-electron chi connectivity index (χ3n) is 1.78. The first-order valence-corrected chi connectivity index (χ1v) is 5.26. The molecule has 0 saturated carbocycles. The number of carbonyl (C=O) groups excluding carboxylic acids is 1. The molecular formula is C13H13ClO. The molecule has 0 atom stereocenters. The second-order valence-electron chi connectivity index (χ2n) is 3.78. The van der Waals surface area contributed by atoms with E-state index in [0.717, 1.165) is 5.56 Å². The SMILES string of the molecule is CC(C)CC(=O)C#Cc1ccc(Cl)cc1. The molecule has 1 rings (SSSR count). The van der Waals surface area contributed by atoms with Gasteiger partial charge in [0.2, 0.25) is 5.78 Å². The molecule has 1 aromatic carbocycles. The fraction of sp³-hybridized carbons (Fsp3) is 0.308. The molecule has 0 aliphatic carbocycles. The van der Waals surface area contributed by atoms with Crippen molar-refractivity contribution in [3.63, 3.8) is 0 Å². The van der Waals surface area contributed by atoms with E-state index in [-0.39, 0.29) is 5.78 Å². The van der Waals surface area contributed by atoms with Gasteiger partial charge in [-0.3, -0.25) is 4.79 Å². The highest BCUT2D eigenvalue weighted by molar-refractivity contribution is 6.30. The van der Waals surface area contributed by atoms with E-state index in [9.17, 15) is 4.79 Å². The zero-order valence-corrected chi connectivity index (χ0v) is 9.64. The molecular weight excluding hydrogens is 208 g/mol. The maximum atomic E-state index is 11.3. The summed E-state index contributed by atoms with van der Waals surface area (Å²) < 4.78 is 0. The van der Waals surface area contributed by atoms with Crippen LogP contribution >= 0.6 is 11.6 Å². The molecule has 2 heteroatoms. The van der Waals surface area contributed by atoms with Gasteiger partial charge < -0.3 is 0 Å². The second-order valence-corrected chi connectivity index (χ2v) is 4.21. The van der Waals surface area contributed by atoms with Gasteiger partial charge in [-0.15, -0.1) is 0 Å². The van der Waals surface area contributed by atoms with Gasteiger partial charge in [-0.25, -0.2) is 0 Å². The first kappa shape index (κ1) is 11.8. The zero-order valence-electron chi connectivity index (χ0n) is 8.88. The van der Waals surface area contributed by atoms with E-state index in [0.29, 0.717) is 17.4 Å². The Hall–Kier alpha value is -1.26. The Kier molecular flexibility index (Phi) is 4.39. The third-order valence-corrected chi connectivity index (χ3v) is 2.04. The van der Waals surface area contributed by atoms with Gasteiger partial charge in [0, 0.05) is 17.0 Å². The van der Waals surface area contributed by atoms with Gasteiger partial charge in [0.25, 0.3) is 0 Å². The van der Waals surface area contributed by atoms with Gasteiger partial charge >= 0.3 is 0 Å². The minimum absolute atomic E-state index is 0.0139. The molecule has 0 N–H and O–H groups in total. The molecule has 0 aliphatic heterocycles. The lowest BCUT2D eigenvalue weighted by Crippen LogP contribution is -1.98. The Morgan fingerprint density at radius 2 is 1.93 bits per heavy atom. The Balaban J connectivity index is 2.65. The Morgan fingerprint density at radius 1 is 1.33 bits per heavy atom. The van der Waals surface area contributed by atoms with Crippen LogP contribution in [0.5, 0.6) is 0 Å². The highest BCUT2D eigenvalue weighted by atomic mass is 35.5. The Bertz CT molecular complexity index is 393. The summed E-state index contributed by atoms with van der Waals surface area (Å²) in [6.45, 7) is 4.00. The van der Waals surface area contributed by atoms with Crippen molar-refractivity contribution in [2.45, 2.75) is 20.3 Å². The Labute approximate surface area is 95.5 Å². The summed E-state index contributed by atoms with van der Waals surface area (Å²) in [4.78, 5) is 11.3. The van der Waals surface area contributed by atoms with Crippen LogP contribution in [-0.4, -0.2) is 5.78 Å². The number of benzene rings is 1. The summed E-state index contributed by atoms with van der Waals surface area (Å²) in [5.74, 6) is 5.78. The first-order valence-electron chi connectivity index (χ1n) is 4.88. The van der Waals surface area contributed by atoms with Crippen molar-refractivity contribution in [3.8, 4) is 11.8 Å². The number of Topliss-reactive ketones (excluding diaryl/α,β-unsaturated/α-hetero) is 1. The number of rotatable bonds is 2. The highest BCUT2D eigenvalue weighted by Gasteiger charge is 2.00. The fourth-order valence-electron chi connectivity index (χ4n) is 1.10. The van der Waals surface area contributed by atoms with Gasteiger partial charge in [0.1, 0.15) is 0 Å². The van der Waals surface area contributed by atoms with Crippen LogP contribution in [0.15, 0.2) is 24.3 Å². The Morgan fingerprint density at radius 3 is 2.47 bits per heavy atom. The van der Waals surface area contributed by atoms with E-state index in [2.05, 4.69) is 11.8 Å². The normalized spacial score (nSPS) is 9.60. The van der Waals surface area contributed by atoms with Gasteiger partial charge in [0.15, 0.2) is 0 Å². The molecule has 0 aromatic heterocycles. The molecule has 0 amide bonds. The molecule has 0 fully saturated rings. The molecule has 1 aromatic rings. The standard InChI is InChI=1S/C13H13ClO/c1-10(2)9-13(15)8-5-11-3-6-12(14)7-4-11/h3-4,6-7,10H,9H2,1-2H3. The molecule has 0 saturated heterocycles. The van der Waals surface area contributed by atoms with Crippen molar-refractivity contribution in [2.75, 3.05) is 0 Å². The van der Waals surface area contributed by atoms with E-state index < -0.39 is 0 Å². The minimum Gasteiger partial charge on any atom is -0.285 e. The van der Waals surface area contributed by atoms with Crippen LogP contribution in [0.2, 0.25) is 5.02 Å². The number of halogens is 1. The molecule has 0 bridgehead atoms. The van der Waals surface area contributed by atoms with E-state index in [1.54, 1.807) is 24.3 Å². The van der Waals surface area contributed by atoms with Crippen LogP contribution in [0.25, 0.3) is 0 Å². The van der Waals surface area contributed by atoms with E-state index in [1.807, 2.05) is 13.8 Å². The van der Waals surface area contributed by atoms with E-state index in [1.165, 1.54) is 0 Å². The number of hydrogen-bond donors (Lipinski definition) is 0. The number of hydrogen-bond acceptors (Lipinski definition) is 1. The summed E-state index contributed by atoms with van der Waals surface area (Å²) >= 11 is 5.73. The van der Waals surface area contributed by atoms with Crippen molar-refractivity contribution < 1.29 is 4.79 Å². The summed E-state index contributed by atoms with van der Waals surface area (Å²) in [5.41, 5.74) is 0.816. The molecule has 0 radical (unpaired) electrons. The first-order chi connectivity index (χ1) is 7.08. The lowest BCUT2D eigenvalue weighted by molar-refractivity contribution is -0.114. The van der Waals surface area contributed by atoms with Crippen LogP contribution < -0.4 is 0 Å². The van der Waals surface area contributed by atoms with Crippen LogP contribution in [0.1, 0.15) is 25.8 Å². The average molecular weight is 221 g/mol. The van der Waals surface area contributed by atoms with Crippen molar-refractivity contribution >= 4 is 17.4 Å². The summed E-state index contributed by atoms with van der Waals surface area (Å²) in [7, 11) is 0. The predicted octanol–water partition coefficient (Wildman–Crippen LogP) is 3.31. The quantitative estimate of drug-likeness (QED) is 0.699. The molecule has 1 nitrogen and oxygen atoms in total. The van der Waals surface area contributed by atoms with Crippen molar-refractivity contribution in [1.82, 2.24) is 0 Å². The summed E-state index contributed by atoms with van der Waals surface area (Å²) in [5, 5.41) is 0.675. The predicted molar refractivity (Wildman–Crippen MR) is 62.8 cm³/mol. The van der Waals surface area contributed by atoms with Crippen molar-refractivity contribution in [1.29, 1.82) is 0 Å². The highest BCUT2D eigenvalue weighted by Crippen LogP contribution is 2.08. The molecule has 0 aliphatic rings. The molecule has 0 heterocycles. The van der Waals surface area contributed by atoms with Gasteiger partial charge in [-0.05, 0) is 36.1 Å². The summed E-state index contributed by atoms with van der Waals surface area (Å²) in [6, 6.07) is 7.13. The van der Waals surface area contributed by atoms with Crippen LogP contribution in [0.3, 0.4) is 0 Å². The van der Waals surface area contributed by atoms with Gasteiger partial charge in [0.05, 0.1) is 0 Å². The van der Waals surface area contributed by atoms with Crippen LogP contribution in [-0.2, 0) is 4.79 Å². The van der Waals surface area contributed by atoms with Crippen LogP contribution in [0.4, 0.5) is 0 Å². The van der Waals surface area contributed by atoms with Crippen molar-refractivity contribution in [3.05, 3.63) is 34.9 Å². The molecule has 0 unspecified atom stereocenters. The fourth-order valence-corrected chi connectivity index (χ4v) is 1.22. The maximum Gasteiger partial charge on any atom is 0.206 e. The third kappa shape index (κ3) is 4.67. The minimum atomic E-state index is -0.0139. The maximum absolute atomic E-state index is 11.3. The molecule has 15 heavy (non-hydrogen) atoms. The van der Waals surface area contributed by atoms with E-state index in [4.69, 9.17) is 11.6 Å². The molecule has 0 spiro atoms. The number of carbonyl (C=O) groups is 1. The monoisotopic (exact) mass is 220 g/mol. The zero-order chi connectivity index (χ0) is 11.3. The second kappa shape index (κ2) is 5.58. The number of ketones is 1.